The summed E-state index contributed by atoms with van der Waals surface area (Å²) in [5.41, 5.74) is 2.53. The van der Waals surface area contributed by atoms with E-state index in [2.05, 4.69) is 63.3 Å². The number of allylic oxidation sites excluding steroid dienone is 1. The van der Waals surface area contributed by atoms with Crippen LogP contribution in [-0.4, -0.2) is 15.1 Å². The Kier molecular flexibility index (Phi) is 6.56. The van der Waals surface area contributed by atoms with Crippen molar-refractivity contribution >= 4 is 22.6 Å². The number of hydrogen-bond acceptors (Lipinski definition) is 1. The lowest BCUT2D eigenvalue weighted by atomic mass is 9.47. The number of fused-ring (bicyclic) bond motifs is 5. The molecule has 4 aliphatic carbocycles. The molecule has 0 bridgehead atoms. The van der Waals surface area contributed by atoms with E-state index >= 15 is 0 Å². The molecule has 3 saturated carbocycles. The predicted molar refractivity (Wildman–Crippen MR) is 132 cm³/mol. The van der Waals surface area contributed by atoms with Crippen molar-refractivity contribution < 1.29 is 5.11 Å². The number of hydrogen-bond donors (Lipinski definition) is 1. The van der Waals surface area contributed by atoms with Gasteiger partial charge in [-0.2, -0.15) is 0 Å². The fourth-order valence-corrected chi connectivity index (χ4v) is 10.1. The monoisotopic (exact) mass is 512 g/mol. The van der Waals surface area contributed by atoms with Crippen molar-refractivity contribution in [3.8, 4) is 0 Å². The van der Waals surface area contributed by atoms with E-state index in [4.69, 9.17) is 0 Å². The van der Waals surface area contributed by atoms with Gasteiger partial charge in [0, 0.05) is 9.34 Å². The minimum Gasteiger partial charge on any atom is -0.393 e. The van der Waals surface area contributed by atoms with Gasteiger partial charge in [-0.15, -0.1) is 0 Å². The van der Waals surface area contributed by atoms with Crippen LogP contribution in [0.3, 0.4) is 0 Å². The van der Waals surface area contributed by atoms with Crippen molar-refractivity contribution in [1.82, 2.24) is 0 Å². The van der Waals surface area contributed by atoms with Gasteiger partial charge in [0.15, 0.2) is 0 Å². The summed E-state index contributed by atoms with van der Waals surface area (Å²) in [5.74, 6) is 5.37. The van der Waals surface area contributed by atoms with E-state index in [1.165, 1.54) is 51.4 Å². The molecule has 1 nitrogen and oxygen atoms in total. The number of alkyl halides is 1. The first kappa shape index (κ1) is 22.6. The lowest BCUT2D eigenvalue weighted by Crippen LogP contribution is -2.54. The highest BCUT2D eigenvalue weighted by Gasteiger charge is 2.60. The van der Waals surface area contributed by atoms with E-state index in [1.807, 2.05) is 0 Å². The Morgan fingerprint density at radius 2 is 1.86 bits per heavy atom. The Morgan fingerprint density at radius 1 is 1.10 bits per heavy atom. The second kappa shape index (κ2) is 8.41. The van der Waals surface area contributed by atoms with Crippen LogP contribution in [0.2, 0.25) is 0 Å². The number of halogens is 1. The second-order valence-corrected chi connectivity index (χ2v) is 13.7. The molecule has 0 aromatic rings. The molecule has 0 spiro atoms. The van der Waals surface area contributed by atoms with E-state index in [-0.39, 0.29) is 6.10 Å². The van der Waals surface area contributed by atoms with Gasteiger partial charge in [0.25, 0.3) is 0 Å². The summed E-state index contributed by atoms with van der Waals surface area (Å²) in [5, 5.41) is 10.4. The van der Waals surface area contributed by atoms with Gasteiger partial charge in [0.05, 0.1) is 6.10 Å². The molecule has 4 aliphatic rings. The molecule has 0 aromatic carbocycles. The summed E-state index contributed by atoms with van der Waals surface area (Å²) in [6.45, 7) is 12.6. The van der Waals surface area contributed by atoms with E-state index in [0.29, 0.717) is 14.8 Å². The molecular formula is C27H45IO. The zero-order valence-corrected chi connectivity index (χ0v) is 21.7. The van der Waals surface area contributed by atoms with Gasteiger partial charge in [0.1, 0.15) is 0 Å². The smallest absolute Gasteiger partial charge is 0.0587 e. The molecule has 2 heteroatoms. The molecule has 0 aliphatic heterocycles. The van der Waals surface area contributed by atoms with Crippen molar-refractivity contribution in [3.05, 3.63) is 11.6 Å². The molecule has 3 fully saturated rings. The third kappa shape index (κ3) is 3.79. The minimum absolute atomic E-state index is 0.107. The zero-order chi connectivity index (χ0) is 21.0. The standard InChI is InChI=1S/C27H45IO/c1-17(2)7-6-8-18(3)22-11-12-23-21-10-9-19-15-20(29)16-25(28)27(19,5)24(21)13-14-26(22,23)4/h9,17-18,20-25,29H,6-8,10-16H2,1-5H3/t18-,20+,21+,22-,23+,24+,25?,26-,27+/m1/s1. The quantitative estimate of drug-likeness (QED) is 0.226. The van der Waals surface area contributed by atoms with Crippen molar-refractivity contribution in [2.24, 2.45) is 46.3 Å². The summed E-state index contributed by atoms with van der Waals surface area (Å²) in [6, 6.07) is 0. The Labute approximate surface area is 194 Å². The van der Waals surface area contributed by atoms with Gasteiger partial charge in [-0.05, 0) is 85.9 Å². The Hall–Kier alpha value is 0.430. The molecule has 0 amide bonds. The third-order valence-corrected chi connectivity index (χ3v) is 12.1. The Balaban J connectivity index is 1.52. The van der Waals surface area contributed by atoms with Gasteiger partial charge >= 0.3 is 0 Å². The molecule has 1 N–H and O–H groups in total. The highest BCUT2D eigenvalue weighted by molar-refractivity contribution is 14.1. The number of rotatable bonds is 5. The van der Waals surface area contributed by atoms with Crippen LogP contribution in [0, 0.1) is 46.3 Å². The molecule has 0 heterocycles. The summed E-state index contributed by atoms with van der Waals surface area (Å²) >= 11 is 2.69. The molecular weight excluding hydrogens is 467 g/mol. The van der Waals surface area contributed by atoms with Crippen LogP contribution in [0.1, 0.15) is 98.8 Å². The lowest BCUT2D eigenvalue weighted by molar-refractivity contribution is -0.0533. The maximum absolute atomic E-state index is 10.4. The van der Waals surface area contributed by atoms with Crippen molar-refractivity contribution in [2.75, 3.05) is 0 Å². The van der Waals surface area contributed by atoms with Gasteiger partial charge < -0.3 is 5.11 Å². The first-order valence-electron chi connectivity index (χ1n) is 12.7. The van der Waals surface area contributed by atoms with Gasteiger partial charge in [-0.3, -0.25) is 0 Å². The van der Waals surface area contributed by atoms with Crippen LogP contribution >= 0.6 is 22.6 Å². The zero-order valence-electron chi connectivity index (χ0n) is 19.6. The fraction of sp³-hybridized carbons (Fsp3) is 0.926. The Bertz CT molecular complexity index is 626. The molecule has 0 radical (unpaired) electrons. The highest BCUT2D eigenvalue weighted by Crippen LogP contribution is 2.68. The van der Waals surface area contributed by atoms with Crippen LogP contribution in [0.25, 0.3) is 0 Å². The molecule has 0 aromatic heterocycles. The first-order valence-corrected chi connectivity index (χ1v) is 13.9. The van der Waals surface area contributed by atoms with Crippen LogP contribution in [0.5, 0.6) is 0 Å². The average molecular weight is 513 g/mol. The van der Waals surface area contributed by atoms with Crippen LogP contribution in [-0.2, 0) is 0 Å². The summed E-state index contributed by atoms with van der Waals surface area (Å²) in [7, 11) is 0. The maximum atomic E-state index is 10.4. The van der Waals surface area contributed by atoms with E-state index in [1.54, 1.807) is 5.57 Å². The fourth-order valence-electron chi connectivity index (χ4n) is 8.68. The van der Waals surface area contributed by atoms with E-state index in [9.17, 15) is 5.11 Å². The summed E-state index contributed by atoms with van der Waals surface area (Å²) < 4.78 is 0.597. The SMILES string of the molecule is CC(C)CCC[C@@H](C)[C@H]1CC[C@H]2[C@@H]3CC=C4C[C@H](O)CC(I)[C@]4(C)[C@H]3CC[C@]12C. The first-order chi connectivity index (χ1) is 13.7. The van der Waals surface area contributed by atoms with E-state index < -0.39 is 0 Å². The van der Waals surface area contributed by atoms with Crippen LogP contribution in [0.4, 0.5) is 0 Å². The molecule has 1 unspecified atom stereocenters. The maximum Gasteiger partial charge on any atom is 0.0587 e. The van der Waals surface area contributed by atoms with Crippen molar-refractivity contribution in [3.63, 3.8) is 0 Å². The summed E-state index contributed by atoms with van der Waals surface area (Å²) in [6.07, 6.45) is 15.8. The lowest BCUT2D eigenvalue weighted by Gasteiger charge is -2.59. The van der Waals surface area contributed by atoms with Gasteiger partial charge in [-0.25, -0.2) is 0 Å². The summed E-state index contributed by atoms with van der Waals surface area (Å²) in [4.78, 5) is 0. The molecule has 29 heavy (non-hydrogen) atoms. The normalized spacial score (nSPS) is 47.9. The highest BCUT2D eigenvalue weighted by atomic mass is 127. The van der Waals surface area contributed by atoms with Crippen molar-refractivity contribution in [1.29, 1.82) is 0 Å². The van der Waals surface area contributed by atoms with E-state index in [0.717, 1.165) is 48.3 Å². The van der Waals surface area contributed by atoms with Gasteiger partial charge in [-0.1, -0.05) is 88.1 Å². The second-order valence-electron chi connectivity index (χ2n) is 12.2. The van der Waals surface area contributed by atoms with Crippen LogP contribution in [0.15, 0.2) is 11.6 Å². The topological polar surface area (TPSA) is 20.2 Å². The third-order valence-electron chi connectivity index (χ3n) is 10.3. The largest absolute Gasteiger partial charge is 0.393 e. The molecule has 9 atom stereocenters. The average Bonchev–Trinajstić information content (AvgIpc) is 3.00. The molecule has 4 rings (SSSR count). The predicted octanol–water partition coefficient (Wildman–Crippen LogP) is 7.80. The number of aliphatic hydroxyl groups is 1. The Morgan fingerprint density at radius 3 is 2.59 bits per heavy atom. The minimum atomic E-state index is -0.107. The molecule has 0 saturated heterocycles. The van der Waals surface area contributed by atoms with Gasteiger partial charge in [0.2, 0.25) is 0 Å². The molecule has 166 valence electrons. The van der Waals surface area contributed by atoms with Crippen molar-refractivity contribution in [2.45, 2.75) is 109 Å². The number of aliphatic hydroxyl groups excluding tert-OH is 1. The van der Waals surface area contributed by atoms with Crippen LogP contribution < -0.4 is 0 Å².